The average Bonchev–Trinajstić information content (AvgIpc) is 2.42. The summed E-state index contributed by atoms with van der Waals surface area (Å²) in [7, 11) is 0. The van der Waals surface area contributed by atoms with Gasteiger partial charge in [0, 0.05) is 11.3 Å². The van der Waals surface area contributed by atoms with Crippen LogP contribution in [0.1, 0.15) is 22.8 Å². The van der Waals surface area contributed by atoms with Gasteiger partial charge in [0.05, 0.1) is 6.61 Å². The van der Waals surface area contributed by atoms with Crippen LogP contribution in [-0.4, -0.2) is 12.5 Å². The number of para-hydroxylation sites is 1. The Bertz CT molecular complexity index is 561. The number of rotatable bonds is 4. The van der Waals surface area contributed by atoms with Crippen LogP contribution >= 0.6 is 0 Å². The molecule has 0 fully saturated rings. The van der Waals surface area contributed by atoms with Gasteiger partial charge in [0.1, 0.15) is 5.75 Å². The Balaban J connectivity index is 2.10. The minimum Gasteiger partial charge on any atom is -0.494 e. The third-order valence-electron chi connectivity index (χ3n) is 2.82. The summed E-state index contributed by atoms with van der Waals surface area (Å²) in [5.74, 6) is 0.660. The minimum atomic E-state index is -0.114. The first-order valence-electron chi connectivity index (χ1n) is 6.30. The number of amides is 1. The van der Waals surface area contributed by atoms with Gasteiger partial charge in [-0.15, -0.1) is 0 Å². The van der Waals surface area contributed by atoms with Crippen LogP contribution in [0.25, 0.3) is 0 Å². The summed E-state index contributed by atoms with van der Waals surface area (Å²) in [5.41, 5.74) is 2.50. The predicted octanol–water partition coefficient (Wildman–Crippen LogP) is 3.65. The third-order valence-corrected chi connectivity index (χ3v) is 2.82. The second kappa shape index (κ2) is 6.05. The summed E-state index contributed by atoms with van der Waals surface area (Å²) in [5, 5.41) is 2.90. The number of nitrogens with one attached hydrogen (secondary N) is 1. The number of aryl methyl sites for hydroxylation is 1. The van der Waals surface area contributed by atoms with Crippen molar-refractivity contribution in [3.05, 3.63) is 59.7 Å². The van der Waals surface area contributed by atoms with E-state index >= 15 is 0 Å². The predicted molar refractivity (Wildman–Crippen MR) is 76.7 cm³/mol. The molecule has 98 valence electrons. The van der Waals surface area contributed by atoms with Gasteiger partial charge in [-0.3, -0.25) is 4.79 Å². The van der Waals surface area contributed by atoms with Gasteiger partial charge in [0.15, 0.2) is 0 Å². The quantitative estimate of drug-likeness (QED) is 0.905. The lowest BCUT2D eigenvalue weighted by atomic mass is 10.1. The molecule has 2 rings (SSSR count). The number of hydrogen-bond acceptors (Lipinski definition) is 2. The standard InChI is InChI=1S/C16H17NO2/c1-3-19-14-10-8-13(9-11-14)16(18)17-15-7-5-4-6-12(15)2/h4-11H,3H2,1-2H3,(H,17,18). The number of carbonyl (C=O) groups excluding carboxylic acids is 1. The van der Waals surface area contributed by atoms with Gasteiger partial charge in [-0.25, -0.2) is 0 Å². The van der Waals surface area contributed by atoms with Crippen LogP contribution in [0.3, 0.4) is 0 Å². The molecule has 0 saturated heterocycles. The smallest absolute Gasteiger partial charge is 0.255 e. The Hall–Kier alpha value is -2.29. The zero-order chi connectivity index (χ0) is 13.7. The van der Waals surface area contributed by atoms with Gasteiger partial charge >= 0.3 is 0 Å². The molecule has 0 aromatic heterocycles. The van der Waals surface area contributed by atoms with Crippen LogP contribution in [0.2, 0.25) is 0 Å². The van der Waals surface area contributed by atoms with Crippen LogP contribution in [0.4, 0.5) is 5.69 Å². The lowest BCUT2D eigenvalue weighted by Gasteiger charge is -2.08. The maximum atomic E-state index is 12.1. The van der Waals surface area contributed by atoms with E-state index in [4.69, 9.17) is 4.74 Å². The Kier molecular flexibility index (Phi) is 4.18. The molecule has 1 N–H and O–H groups in total. The zero-order valence-electron chi connectivity index (χ0n) is 11.1. The monoisotopic (exact) mass is 255 g/mol. The van der Waals surface area contributed by atoms with Crippen LogP contribution < -0.4 is 10.1 Å². The summed E-state index contributed by atoms with van der Waals surface area (Å²) in [6, 6.07) is 14.8. The Morgan fingerprint density at radius 3 is 2.42 bits per heavy atom. The van der Waals surface area contributed by atoms with E-state index in [1.54, 1.807) is 24.3 Å². The molecule has 19 heavy (non-hydrogen) atoms. The number of carbonyl (C=O) groups is 1. The van der Waals surface area contributed by atoms with E-state index in [0.29, 0.717) is 12.2 Å². The Morgan fingerprint density at radius 1 is 1.11 bits per heavy atom. The molecule has 0 radical (unpaired) electrons. The van der Waals surface area contributed by atoms with E-state index in [1.807, 2.05) is 38.1 Å². The Morgan fingerprint density at radius 2 is 1.79 bits per heavy atom. The highest BCUT2D eigenvalue weighted by atomic mass is 16.5. The van der Waals surface area contributed by atoms with E-state index < -0.39 is 0 Å². The van der Waals surface area contributed by atoms with Crippen molar-refractivity contribution in [2.24, 2.45) is 0 Å². The molecule has 0 saturated carbocycles. The molecule has 1 amide bonds. The molecule has 3 heteroatoms. The topological polar surface area (TPSA) is 38.3 Å². The van der Waals surface area contributed by atoms with Crippen molar-refractivity contribution in [3.8, 4) is 5.75 Å². The molecule has 0 spiro atoms. The molecular formula is C16H17NO2. The number of ether oxygens (including phenoxy) is 1. The number of anilines is 1. The summed E-state index contributed by atoms with van der Waals surface area (Å²) < 4.78 is 5.35. The molecule has 0 atom stereocenters. The summed E-state index contributed by atoms with van der Waals surface area (Å²) in [6.45, 7) is 4.52. The fraction of sp³-hybridized carbons (Fsp3) is 0.188. The number of benzene rings is 2. The molecule has 0 bridgehead atoms. The van der Waals surface area contributed by atoms with Gasteiger partial charge in [0.25, 0.3) is 5.91 Å². The Labute approximate surface area is 113 Å². The zero-order valence-corrected chi connectivity index (χ0v) is 11.1. The van der Waals surface area contributed by atoms with Crippen LogP contribution in [0.15, 0.2) is 48.5 Å². The highest BCUT2D eigenvalue weighted by Gasteiger charge is 2.07. The van der Waals surface area contributed by atoms with Crippen molar-refractivity contribution in [1.82, 2.24) is 0 Å². The highest BCUT2D eigenvalue weighted by Crippen LogP contribution is 2.16. The van der Waals surface area contributed by atoms with Crippen molar-refractivity contribution >= 4 is 11.6 Å². The average molecular weight is 255 g/mol. The summed E-state index contributed by atoms with van der Waals surface area (Å²) in [4.78, 5) is 12.1. The van der Waals surface area contributed by atoms with Crippen molar-refractivity contribution < 1.29 is 9.53 Å². The molecule has 0 aliphatic heterocycles. The van der Waals surface area contributed by atoms with Crippen LogP contribution in [0, 0.1) is 6.92 Å². The fourth-order valence-electron chi connectivity index (χ4n) is 1.78. The lowest BCUT2D eigenvalue weighted by molar-refractivity contribution is 0.102. The molecule has 3 nitrogen and oxygen atoms in total. The number of hydrogen-bond donors (Lipinski definition) is 1. The van der Waals surface area contributed by atoms with Crippen molar-refractivity contribution in [2.45, 2.75) is 13.8 Å². The van der Waals surface area contributed by atoms with Crippen LogP contribution in [-0.2, 0) is 0 Å². The van der Waals surface area contributed by atoms with Gasteiger partial charge < -0.3 is 10.1 Å². The molecule has 2 aromatic rings. The SMILES string of the molecule is CCOc1ccc(C(=O)Nc2ccccc2C)cc1. The molecule has 0 unspecified atom stereocenters. The first-order chi connectivity index (χ1) is 9.20. The largest absolute Gasteiger partial charge is 0.494 e. The molecule has 0 heterocycles. The van der Waals surface area contributed by atoms with Gasteiger partial charge in [-0.2, -0.15) is 0 Å². The van der Waals surface area contributed by atoms with Gasteiger partial charge in [-0.05, 0) is 49.7 Å². The second-order valence-electron chi connectivity index (χ2n) is 4.23. The lowest BCUT2D eigenvalue weighted by Crippen LogP contribution is -2.12. The van der Waals surface area contributed by atoms with E-state index in [0.717, 1.165) is 17.0 Å². The first kappa shape index (κ1) is 13.1. The van der Waals surface area contributed by atoms with Crippen molar-refractivity contribution in [3.63, 3.8) is 0 Å². The summed E-state index contributed by atoms with van der Waals surface area (Å²) in [6.07, 6.45) is 0. The van der Waals surface area contributed by atoms with Crippen molar-refractivity contribution in [2.75, 3.05) is 11.9 Å². The summed E-state index contributed by atoms with van der Waals surface area (Å²) >= 11 is 0. The second-order valence-corrected chi connectivity index (χ2v) is 4.23. The van der Waals surface area contributed by atoms with E-state index in [9.17, 15) is 4.79 Å². The van der Waals surface area contributed by atoms with Crippen LogP contribution in [0.5, 0.6) is 5.75 Å². The molecular weight excluding hydrogens is 238 g/mol. The minimum absolute atomic E-state index is 0.114. The van der Waals surface area contributed by atoms with E-state index in [1.165, 1.54) is 0 Å². The maximum absolute atomic E-state index is 12.1. The molecule has 0 aliphatic carbocycles. The van der Waals surface area contributed by atoms with Gasteiger partial charge in [0.2, 0.25) is 0 Å². The van der Waals surface area contributed by atoms with Crippen molar-refractivity contribution in [1.29, 1.82) is 0 Å². The molecule has 2 aromatic carbocycles. The van der Waals surface area contributed by atoms with E-state index in [2.05, 4.69) is 5.32 Å². The van der Waals surface area contributed by atoms with E-state index in [-0.39, 0.29) is 5.91 Å². The first-order valence-corrected chi connectivity index (χ1v) is 6.30. The fourth-order valence-corrected chi connectivity index (χ4v) is 1.78. The maximum Gasteiger partial charge on any atom is 0.255 e. The van der Waals surface area contributed by atoms with Gasteiger partial charge in [-0.1, -0.05) is 18.2 Å². The normalized spacial score (nSPS) is 10.0. The molecule has 0 aliphatic rings. The third kappa shape index (κ3) is 3.35. The highest BCUT2D eigenvalue weighted by molar-refractivity contribution is 6.04.